The monoisotopic (exact) mass is 329 g/mol. The van der Waals surface area contributed by atoms with Crippen LogP contribution in [0.4, 0.5) is 0 Å². The van der Waals surface area contributed by atoms with Crippen molar-refractivity contribution < 1.29 is 29.0 Å². The van der Waals surface area contributed by atoms with Crippen LogP contribution in [0.1, 0.15) is 18.4 Å². The van der Waals surface area contributed by atoms with Crippen LogP contribution in [0.3, 0.4) is 0 Å². The van der Waals surface area contributed by atoms with E-state index in [1.807, 2.05) is 6.92 Å². The molecule has 0 bridgehead atoms. The zero-order chi connectivity index (χ0) is 16.8. The molecular weight excluding hydrogens is 308 g/mol. The Balaban J connectivity index is 2.56. The summed E-state index contributed by atoms with van der Waals surface area (Å²) in [6.07, 6.45) is 0.780. The number of nitrogens with one attached hydrogen (secondary N) is 2. The predicted octanol–water partition coefficient (Wildman–Crippen LogP) is -4.19. The summed E-state index contributed by atoms with van der Waals surface area (Å²) in [5, 5.41) is 10.5. The third-order valence-electron chi connectivity index (χ3n) is 2.95. The van der Waals surface area contributed by atoms with E-state index in [1.165, 1.54) is 12.1 Å². The Morgan fingerprint density at radius 3 is 2.55 bits per heavy atom. The molecule has 1 aromatic carbocycles. The summed E-state index contributed by atoms with van der Waals surface area (Å²) in [5.74, 6) is -1.33. The van der Waals surface area contributed by atoms with Crippen molar-refractivity contribution in [2.45, 2.75) is 30.7 Å². The second kappa shape index (κ2) is 7.76. The number of carbonyl (C=O) groups is 1. The molecule has 0 aromatic heterocycles. The standard InChI is InChI=1S/C13H20N4O4S/c1-9-4-6-10(7-5-9)22(20,21)17-13(15)16-8-2-3-11(14)12(18)19/h4-7,11H,2-3,8,14H2,1H3,(H,18,19)(H3,15,16,17)/p+1/t11-/m0/s1. The van der Waals surface area contributed by atoms with E-state index >= 15 is 0 Å². The molecule has 0 unspecified atom stereocenters. The third-order valence-corrected chi connectivity index (χ3v) is 4.34. The fourth-order valence-corrected chi connectivity index (χ4v) is 2.62. The molecule has 0 saturated heterocycles. The Labute approximate surface area is 129 Å². The SMILES string of the molecule is Cc1ccc(S(=O)(=O)NC(N)=[NH+]CCC[C@H]([NH3+])C(=O)[O-])cc1. The van der Waals surface area contributed by atoms with Gasteiger partial charge >= 0.3 is 16.0 Å². The van der Waals surface area contributed by atoms with Crippen molar-refractivity contribution in [3.05, 3.63) is 29.8 Å². The number of hydrogen-bond donors (Lipinski definition) is 4. The highest BCUT2D eigenvalue weighted by atomic mass is 32.2. The number of rotatable bonds is 7. The van der Waals surface area contributed by atoms with Gasteiger partial charge < -0.3 is 15.6 Å². The van der Waals surface area contributed by atoms with Gasteiger partial charge in [0.2, 0.25) is 0 Å². The van der Waals surface area contributed by atoms with Crippen LogP contribution in [0.5, 0.6) is 0 Å². The van der Waals surface area contributed by atoms with E-state index in [2.05, 4.69) is 15.4 Å². The van der Waals surface area contributed by atoms with Crippen LogP contribution in [0.25, 0.3) is 0 Å². The van der Waals surface area contributed by atoms with Gasteiger partial charge in [-0.15, -0.1) is 0 Å². The van der Waals surface area contributed by atoms with Gasteiger partial charge in [0.05, 0.1) is 12.5 Å². The number of nitrogens with two attached hydrogens (primary N) is 1. The molecule has 0 heterocycles. The fourth-order valence-electron chi connectivity index (χ4n) is 1.65. The molecule has 0 aliphatic rings. The number of carbonyl (C=O) groups excluding carboxylic acids is 1. The first-order valence-corrected chi connectivity index (χ1v) is 8.20. The van der Waals surface area contributed by atoms with Crippen molar-refractivity contribution in [1.82, 2.24) is 4.72 Å². The maximum Gasteiger partial charge on any atom is 0.356 e. The number of hydrogen-bond acceptors (Lipinski definition) is 4. The van der Waals surface area contributed by atoms with Crippen molar-refractivity contribution in [3.63, 3.8) is 0 Å². The Morgan fingerprint density at radius 2 is 2.00 bits per heavy atom. The quantitative estimate of drug-likeness (QED) is 0.227. The molecule has 7 N–H and O–H groups in total. The van der Waals surface area contributed by atoms with E-state index in [-0.39, 0.29) is 10.9 Å². The number of benzene rings is 1. The summed E-state index contributed by atoms with van der Waals surface area (Å²) in [7, 11) is -3.73. The molecule has 1 atom stereocenters. The van der Waals surface area contributed by atoms with Crippen LogP contribution >= 0.6 is 0 Å². The van der Waals surface area contributed by atoms with Gasteiger partial charge in [0.15, 0.2) is 0 Å². The van der Waals surface area contributed by atoms with Crippen molar-refractivity contribution in [3.8, 4) is 0 Å². The summed E-state index contributed by atoms with van der Waals surface area (Å²) < 4.78 is 26.3. The minimum atomic E-state index is -3.73. The number of quaternary nitrogens is 1. The van der Waals surface area contributed by atoms with E-state index in [9.17, 15) is 18.3 Å². The van der Waals surface area contributed by atoms with E-state index < -0.39 is 22.0 Å². The van der Waals surface area contributed by atoms with Gasteiger partial charge in [0.1, 0.15) is 10.9 Å². The lowest BCUT2D eigenvalue weighted by Gasteiger charge is -2.07. The summed E-state index contributed by atoms with van der Waals surface area (Å²) >= 11 is 0. The molecule has 0 aliphatic carbocycles. The number of carboxylic acids is 1. The van der Waals surface area contributed by atoms with Gasteiger partial charge in [0, 0.05) is 6.42 Å². The average molecular weight is 329 g/mol. The van der Waals surface area contributed by atoms with Crippen molar-refractivity contribution >= 4 is 22.0 Å². The normalized spacial score (nSPS) is 13.6. The molecule has 1 aromatic rings. The second-order valence-corrected chi connectivity index (χ2v) is 6.60. The Kier molecular flexibility index (Phi) is 6.32. The number of guanidine groups is 1. The number of aliphatic carboxylic acids is 1. The van der Waals surface area contributed by atoms with Gasteiger partial charge in [-0.3, -0.25) is 10.7 Å². The average Bonchev–Trinajstić information content (AvgIpc) is 2.43. The fraction of sp³-hybridized carbons (Fsp3) is 0.385. The predicted molar refractivity (Wildman–Crippen MR) is 77.4 cm³/mol. The van der Waals surface area contributed by atoms with Gasteiger partial charge in [-0.25, -0.2) is 0 Å². The van der Waals surface area contributed by atoms with Gasteiger partial charge in [-0.2, -0.15) is 13.1 Å². The van der Waals surface area contributed by atoms with Crippen molar-refractivity contribution in [2.75, 3.05) is 6.54 Å². The Hall–Kier alpha value is -2.13. The molecule has 22 heavy (non-hydrogen) atoms. The van der Waals surface area contributed by atoms with E-state index in [1.54, 1.807) is 12.1 Å². The highest BCUT2D eigenvalue weighted by Crippen LogP contribution is 2.08. The van der Waals surface area contributed by atoms with Gasteiger partial charge in [-0.1, -0.05) is 17.7 Å². The summed E-state index contributed by atoms with van der Waals surface area (Å²) in [6.45, 7) is 2.18. The highest BCUT2D eigenvalue weighted by molar-refractivity contribution is 7.90. The van der Waals surface area contributed by atoms with E-state index in [4.69, 9.17) is 5.73 Å². The molecular formula is C13H21N4O4S+. The molecule has 0 amide bonds. The first-order valence-electron chi connectivity index (χ1n) is 6.72. The Bertz CT molecular complexity index is 641. The van der Waals surface area contributed by atoms with Crippen molar-refractivity contribution in [2.24, 2.45) is 5.73 Å². The Morgan fingerprint density at radius 1 is 1.41 bits per heavy atom. The van der Waals surface area contributed by atoms with Crippen molar-refractivity contribution in [1.29, 1.82) is 0 Å². The molecule has 122 valence electrons. The smallest absolute Gasteiger partial charge is 0.356 e. The lowest BCUT2D eigenvalue weighted by Crippen LogP contribution is -2.79. The zero-order valence-electron chi connectivity index (χ0n) is 12.3. The first-order chi connectivity index (χ1) is 10.2. The van der Waals surface area contributed by atoms with E-state index in [0.717, 1.165) is 5.56 Å². The topological polar surface area (TPSA) is 154 Å². The first kappa shape index (κ1) is 17.9. The molecule has 8 nitrogen and oxygen atoms in total. The zero-order valence-corrected chi connectivity index (χ0v) is 13.2. The maximum absolute atomic E-state index is 12.0. The van der Waals surface area contributed by atoms with Gasteiger partial charge in [-0.05, 0) is 25.5 Å². The molecule has 0 fully saturated rings. The van der Waals surface area contributed by atoms with Crippen LogP contribution in [0, 0.1) is 6.92 Å². The van der Waals surface area contributed by atoms with Crippen LogP contribution in [0.2, 0.25) is 0 Å². The molecule has 0 radical (unpaired) electrons. The van der Waals surface area contributed by atoms with Crippen LogP contribution in [-0.4, -0.2) is 32.9 Å². The highest BCUT2D eigenvalue weighted by Gasteiger charge is 2.19. The summed E-state index contributed by atoms with van der Waals surface area (Å²) in [6, 6.07) is 5.54. The number of aryl methyl sites for hydroxylation is 1. The lowest BCUT2D eigenvalue weighted by atomic mass is 10.2. The summed E-state index contributed by atoms with van der Waals surface area (Å²) in [4.78, 5) is 13.3. The molecule has 0 aliphatic heterocycles. The molecule has 0 spiro atoms. The molecule has 0 saturated carbocycles. The second-order valence-electron chi connectivity index (χ2n) is 4.92. The number of sulfonamides is 1. The van der Waals surface area contributed by atoms with Crippen LogP contribution in [-0.2, 0) is 14.8 Å². The maximum atomic E-state index is 12.0. The minimum Gasteiger partial charge on any atom is -0.544 e. The van der Waals surface area contributed by atoms with E-state index in [0.29, 0.717) is 19.4 Å². The minimum absolute atomic E-state index is 0.109. The number of carboxylic acid groups (broad SMARTS) is 1. The molecule has 1 rings (SSSR count). The van der Waals surface area contributed by atoms with Crippen LogP contribution < -0.4 is 26.3 Å². The summed E-state index contributed by atoms with van der Waals surface area (Å²) in [5.41, 5.74) is 9.94. The van der Waals surface area contributed by atoms with Gasteiger partial charge in [0.25, 0.3) is 0 Å². The molecule has 9 heteroatoms. The van der Waals surface area contributed by atoms with Crippen LogP contribution in [0.15, 0.2) is 29.2 Å². The third kappa shape index (κ3) is 5.70. The lowest BCUT2D eigenvalue weighted by molar-refractivity contribution is -0.467. The largest absolute Gasteiger partial charge is 0.544 e.